The summed E-state index contributed by atoms with van der Waals surface area (Å²) in [5.41, 5.74) is 0.393. The van der Waals surface area contributed by atoms with Crippen LogP contribution in [0.3, 0.4) is 0 Å². The maximum Gasteiger partial charge on any atom is 0.244 e. The summed E-state index contributed by atoms with van der Waals surface area (Å²) in [7, 11) is -3.66. The van der Waals surface area contributed by atoms with Crippen LogP contribution in [0.25, 0.3) is 0 Å². The van der Waals surface area contributed by atoms with Crippen molar-refractivity contribution in [3.05, 3.63) is 59.6 Å². The highest BCUT2D eigenvalue weighted by molar-refractivity contribution is 7.92. The van der Waals surface area contributed by atoms with Crippen molar-refractivity contribution < 1.29 is 17.9 Å². The molecule has 146 valence electrons. The largest absolute Gasteiger partial charge is 0.492 e. The van der Waals surface area contributed by atoms with Crippen molar-refractivity contribution >= 4 is 33.2 Å². The molecule has 0 saturated heterocycles. The number of anilines is 1. The number of hydrogen-bond donors (Lipinski definition) is 1. The second kappa shape index (κ2) is 9.62. The van der Waals surface area contributed by atoms with E-state index in [-0.39, 0.29) is 19.1 Å². The smallest absolute Gasteiger partial charge is 0.244 e. The molecule has 0 aliphatic rings. The molecule has 0 heterocycles. The monoisotopic (exact) mass is 410 g/mol. The molecule has 0 bridgehead atoms. The summed E-state index contributed by atoms with van der Waals surface area (Å²) in [5, 5.41) is 3.23. The Bertz CT molecular complexity index is 842. The Labute approximate surface area is 165 Å². The molecule has 2 rings (SSSR count). The predicted molar refractivity (Wildman–Crippen MR) is 108 cm³/mol. The zero-order valence-corrected chi connectivity index (χ0v) is 16.8. The number of hydrogen-bond acceptors (Lipinski definition) is 4. The third kappa shape index (κ3) is 6.15. The number of sulfonamides is 1. The van der Waals surface area contributed by atoms with E-state index >= 15 is 0 Å². The molecule has 0 spiro atoms. The molecule has 2 aromatic rings. The molecule has 0 saturated carbocycles. The molecule has 1 N–H and O–H groups in total. The average Bonchev–Trinajstić information content (AvgIpc) is 2.64. The first-order valence-corrected chi connectivity index (χ1v) is 10.8. The van der Waals surface area contributed by atoms with E-state index in [4.69, 9.17) is 16.3 Å². The van der Waals surface area contributed by atoms with Gasteiger partial charge in [-0.3, -0.25) is 9.10 Å². The Hall–Kier alpha value is -2.25. The fourth-order valence-corrected chi connectivity index (χ4v) is 3.96. The van der Waals surface area contributed by atoms with Crippen LogP contribution in [0.15, 0.2) is 54.6 Å². The van der Waals surface area contributed by atoms with Crippen LogP contribution >= 0.6 is 11.6 Å². The number of carbonyl (C=O) groups excluding carboxylic acids is 1. The molecule has 1 atom stereocenters. The summed E-state index contributed by atoms with van der Waals surface area (Å²) in [5.74, 6) is 0.326. The van der Waals surface area contributed by atoms with E-state index < -0.39 is 16.1 Å². The molecule has 0 aliphatic carbocycles. The van der Waals surface area contributed by atoms with Gasteiger partial charge < -0.3 is 10.1 Å². The van der Waals surface area contributed by atoms with Crippen LogP contribution in [0.1, 0.15) is 13.3 Å². The molecule has 0 radical (unpaired) electrons. The number of benzene rings is 2. The van der Waals surface area contributed by atoms with Crippen molar-refractivity contribution in [3.63, 3.8) is 0 Å². The second-order valence-corrected chi connectivity index (χ2v) is 8.21. The van der Waals surface area contributed by atoms with Crippen molar-refractivity contribution in [2.45, 2.75) is 19.4 Å². The normalized spacial score (nSPS) is 12.3. The van der Waals surface area contributed by atoms with E-state index in [1.807, 2.05) is 30.3 Å². The van der Waals surface area contributed by atoms with Crippen LogP contribution in [-0.2, 0) is 14.8 Å². The first-order valence-electron chi connectivity index (χ1n) is 8.53. The lowest BCUT2D eigenvalue weighted by atomic mass is 10.2. The molecule has 6 nitrogen and oxygen atoms in total. The highest BCUT2D eigenvalue weighted by Gasteiger charge is 2.31. The van der Waals surface area contributed by atoms with Crippen LogP contribution in [0.4, 0.5) is 5.69 Å². The Morgan fingerprint density at radius 1 is 1.15 bits per heavy atom. The maximum absolute atomic E-state index is 12.6. The minimum atomic E-state index is -3.66. The number of ether oxygens (including phenoxy) is 1. The molecule has 0 aromatic heterocycles. The van der Waals surface area contributed by atoms with E-state index in [2.05, 4.69) is 5.32 Å². The lowest BCUT2D eigenvalue weighted by molar-refractivity contribution is -0.122. The summed E-state index contributed by atoms with van der Waals surface area (Å²) < 4.78 is 31.3. The van der Waals surface area contributed by atoms with Crippen molar-refractivity contribution in [2.24, 2.45) is 0 Å². The molecular formula is C19H23ClN2O4S. The quantitative estimate of drug-likeness (QED) is 0.644. The topological polar surface area (TPSA) is 75.7 Å². The molecule has 8 heteroatoms. The van der Waals surface area contributed by atoms with Crippen LogP contribution in [0, 0.1) is 0 Å². The fraction of sp³-hybridized carbons (Fsp3) is 0.316. The van der Waals surface area contributed by atoms with Gasteiger partial charge in [0.25, 0.3) is 0 Å². The molecule has 27 heavy (non-hydrogen) atoms. The average molecular weight is 411 g/mol. The van der Waals surface area contributed by atoms with Crippen molar-refractivity contribution in [1.29, 1.82) is 0 Å². The molecule has 1 amide bonds. The third-order valence-electron chi connectivity index (χ3n) is 3.82. The van der Waals surface area contributed by atoms with Crippen LogP contribution < -0.4 is 14.4 Å². The van der Waals surface area contributed by atoms with Gasteiger partial charge in [0.1, 0.15) is 18.4 Å². The van der Waals surface area contributed by atoms with Crippen LogP contribution in [0.2, 0.25) is 5.02 Å². The van der Waals surface area contributed by atoms with Gasteiger partial charge in [-0.05, 0) is 42.8 Å². The minimum Gasteiger partial charge on any atom is -0.492 e. The van der Waals surface area contributed by atoms with Gasteiger partial charge in [-0.2, -0.15) is 0 Å². The minimum absolute atomic E-state index is 0.266. The second-order valence-electron chi connectivity index (χ2n) is 5.91. The van der Waals surface area contributed by atoms with Gasteiger partial charge in [0, 0.05) is 5.02 Å². The lowest BCUT2D eigenvalue weighted by Gasteiger charge is -2.30. The molecule has 0 fully saturated rings. The summed E-state index contributed by atoms with van der Waals surface area (Å²) in [6, 6.07) is 14.7. The molecule has 0 unspecified atom stereocenters. The van der Waals surface area contributed by atoms with Gasteiger partial charge in [-0.1, -0.05) is 36.7 Å². The maximum atomic E-state index is 12.6. The van der Waals surface area contributed by atoms with Gasteiger partial charge in [-0.25, -0.2) is 8.42 Å². The van der Waals surface area contributed by atoms with E-state index in [0.29, 0.717) is 22.9 Å². The highest BCUT2D eigenvalue weighted by Crippen LogP contribution is 2.24. The van der Waals surface area contributed by atoms with Gasteiger partial charge in [0.05, 0.1) is 18.5 Å². The Balaban J connectivity index is 2.04. The van der Waals surface area contributed by atoms with E-state index in [9.17, 15) is 13.2 Å². The van der Waals surface area contributed by atoms with Gasteiger partial charge in [0.2, 0.25) is 15.9 Å². The van der Waals surface area contributed by atoms with Gasteiger partial charge in [-0.15, -0.1) is 0 Å². The van der Waals surface area contributed by atoms with Crippen molar-refractivity contribution in [2.75, 3.05) is 23.7 Å². The zero-order chi connectivity index (χ0) is 19.9. The Kier molecular flexibility index (Phi) is 7.50. The first kappa shape index (κ1) is 21.1. The fourth-order valence-electron chi connectivity index (χ4n) is 2.63. The zero-order valence-electron chi connectivity index (χ0n) is 15.3. The Morgan fingerprint density at radius 3 is 2.33 bits per heavy atom. The summed E-state index contributed by atoms with van der Waals surface area (Å²) in [4.78, 5) is 12.6. The highest BCUT2D eigenvalue weighted by atomic mass is 35.5. The number of amides is 1. The number of para-hydroxylation sites is 1. The van der Waals surface area contributed by atoms with Crippen LogP contribution in [0.5, 0.6) is 5.75 Å². The van der Waals surface area contributed by atoms with Gasteiger partial charge in [0.15, 0.2) is 0 Å². The Morgan fingerprint density at radius 2 is 1.78 bits per heavy atom. The number of rotatable bonds is 9. The standard InChI is InChI=1S/C19H23ClN2O4S/c1-3-18(19(23)21-13-14-26-17-7-5-4-6-8-17)22(27(2,24)25)16-11-9-15(20)10-12-16/h4-12,18H,3,13-14H2,1-2H3,(H,21,23)/t18-/m1/s1. The summed E-state index contributed by atoms with van der Waals surface area (Å²) >= 11 is 5.88. The SMILES string of the molecule is CC[C@H](C(=O)NCCOc1ccccc1)N(c1ccc(Cl)cc1)S(C)(=O)=O. The van der Waals surface area contributed by atoms with E-state index in [1.54, 1.807) is 31.2 Å². The number of carbonyl (C=O) groups is 1. The lowest BCUT2D eigenvalue weighted by Crippen LogP contribution is -2.50. The van der Waals surface area contributed by atoms with E-state index in [0.717, 1.165) is 10.6 Å². The van der Waals surface area contributed by atoms with Crippen molar-refractivity contribution in [1.82, 2.24) is 5.32 Å². The predicted octanol–water partition coefficient (Wildman–Crippen LogP) is 3.08. The van der Waals surface area contributed by atoms with Crippen LogP contribution in [-0.4, -0.2) is 39.8 Å². The third-order valence-corrected chi connectivity index (χ3v) is 5.26. The molecule has 2 aromatic carbocycles. The summed E-state index contributed by atoms with van der Waals surface area (Å²) in [6.07, 6.45) is 1.40. The van der Waals surface area contributed by atoms with Gasteiger partial charge >= 0.3 is 0 Å². The number of nitrogens with zero attached hydrogens (tertiary/aromatic N) is 1. The molecular weight excluding hydrogens is 388 g/mol. The van der Waals surface area contributed by atoms with E-state index in [1.165, 1.54) is 0 Å². The first-order chi connectivity index (χ1) is 12.8. The summed E-state index contributed by atoms with van der Waals surface area (Å²) in [6.45, 7) is 2.31. The number of halogens is 1. The molecule has 0 aliphatic heterocycles. The number of nitrogens with one attached hydrogen (secondary N) is 1. The van der Waals surface area contributed by atoms with Crippen molar-refractivity contribution in [3.8, 4) is 5.75 Å².